The summed E-state index contributed by atoms with van der Waals surface area (Å²) in [5.74, 6) is 5.76. The minimum atomic E-state index is -0.350. The molecule has 108 valence electrons. The van der Waals surface area contributed by atoms with Crippen LogP contribution in [0.3, 0.4) is 0 Å². The van der Waals surface area contributed by atoms with Crippen LogP contribution in [0.2, 0.25) is 0 Å². The van der Waals surface area contributed by atoms with Crippen LogP contribution in [0.4, 0.5) is 4.39 Å². The van der Waals surface area contributed by atoms with E-state index in [1.54, 1.807) is 6.07 Å². The number of likely N-dealkylation sites (tertiary alicyclic amines) is 1. The highest BCUT2D eigenvalue weighted by atomic mass is 19.1. The predicted octanol–water partition coefficient (Wildman–Crippen LogP) is 2.03. The molecule has 1 aliphatic heterocycles. The van der Waals surface area contributed by atoms with Crippen LogP contribution in [0.25, 0.3) is 0 Å². The third-order valence-corrected chi connectivity index (χ3v) is 3.22. The zero-order chi connectivity index (χ0) is 14.2. The molecule has 4 heteroatoms. The van der Waals surface area contributed by atoms with Gasteiger partial charge in [0.1, 0.15) is 18.2 Å². The summed E-state index contributed by atoms with van der Waals surface area (Å²) in [7, 11) is 0. The molecular formula is C16H20FNO2. The zero-order valence-corrected chi connectivity index (χ0v) is 11.6. The van der Waals surface area contributed by atoms with Gasteiger partial charge in [0.05, 0.1) is 6.61 Å². The molecule has 1 aliphatic rings. The Kier molecular flexibility index (Phi) is 5.85. The van der Waals surface area contributed by atoms with Gasteiger partial charge in [-0.15, -0.1) is 0 Å². The van der Waals surface area contributed by atoms with Crippen molar-refractivity contribution in [2.45, 2.75) is 19.3 Å². The second-order valence-corrected chi connectivity index (χ2v) is 4.85. The molecule has 3 nitrogen and oxygen atoms in total. The third-order valence-electron chi connectivity index (χ3n) is 3.22. The van der Waals surface area contributed by atoms with Gasteiger partial charge in [0, 0.05) is 24.6 Å². The van der Waals surface area contributed by atoms with Gasteiger partial charge in [-0.2, -0.15) is 0 Å². The van der Waals surface area contributed by atoms with Crippen molar-refractivity contribution in [3.05, 3.63) is 29.6 Å². The summed E-state index contributed by atoms with van der Waals surface area (Å²) < 4.78 is 19.1. The molecule has 1 N–H and O–H groups in total. The van der Waals surface area contributed by atoms with E-state index in [1.807, 2.05) is 0 Å². The second-order valence-electron chi connectivity index (χ2n) is 4.85. The van der Waals surface area contributed by atoms with Crippen molar-refractivity contribution in [2.75, 3.05) is 32.8 Å². The first kappa shape index (κ1) is 14.8. The number of nitrogens with zero attached hydrogens (tertiary/aromatic N) is 1. The van der Waals surface area contributed by atoms with Crippen molar-refractivity contribution < 1.29 is 14.2 Å². The molecule has 0 aliphatic carbocycles. The van der Waals surface area contributed by atoms with Crippen LogP contribution < -0.4 is 4.74 Å². The Labute approximate surface area is 119 Å². The third kappa shape index (κ3) is 4.84. The highest BCUT2D eigenvalue weighted by Gasteiger charge is 2.10. The molecule has 0 amide bonds. The van der Waals surface area contributed by atoms with E-state index >= 15 is 0 Å². The molecule has 0 saturated carbocycles. The maximum absolute atomic E-state index is 13.5. The lowest BCUT2D eigenvalue weighted by molar-refractivity contribution is 0.237. The van der Waals surface area contributed by atoms with E-state index in [9.17, 15) is 4.39 Å². The maximum atomic E-state index is 13.5. The molecule has 2 rings (SSSR count). The van der Waals surface area contributed by atoms with Crippen molar-refractivity contribution >= 4 is 0 Å². The van der Waals surface area contributed by atoms with Crippen LogP contribution in [0.1, 0.15) is 24.8 Å². The number of benzene rings is 1. The fraction of sp³-hybridized carbons (Fsp3) is 0.500. The van der Waals surface area contributed by atoms with Crippen molar-refractivity contribution in [1.29, 1.82) is 0 Å². The monoisotopic (exact) mass is 277 g/mol. The first-order valence-electron chi connectivity index (χ1n) is 7.03. The average Bonchev–Trinajstić information content (AvgIpc) is 2.92. The lowest BCUT2D eigenvalue weighted by Crippen LogP contribution is -2.25. The molecule has 0 atom stereocenters. The molecule has 0 spiro atoms. The maximum Gasteiger partial charge on any atom is 0.128 e. The number of aliphatic hydroxyl groups excluding tert-OH is 1. The van der Waals surface area contributed by atoms with E-state index in [2.05, 4.69) is 16.7 Å². The van der Waals surface area contributed by atoms with Crippen LogP contribution in [0.5, 0.6) is 5.75 Å². The highest BCUT2D eigenvalue weighted by molar-refractivity contribution is 5.40. The number of rotatable bonds is 5. The van der Waals surface area contributed by atoms with Gasteiger partial charge >= 0.3 is 0 Å². The summed E-state index contributed by atoms with van der Waals surface area (Å²) in [6, 6.07) is 4.48. The van der Waals surface area contributed by atoms with Crippen LogP contribution in [-0.4, -0.2) is 42.9 Å². The fourth-order valence-electron chi connectivity index (χ4n) is 2.24. The molecule has 0 unspecified atom stereocenters. The number of hydrogen-bond acceptors (Lipinski definition) is 3. The Morgan fingerprint density at radius 2 is 2.05 bits per heavy atom. The smallest absolute Gasteiger partial charge is 0.128 e. The summed E-state index contributed by atoms with van der Waals surface area (Å²) in [4.78, 5) is 2.35. The minimum Gasteiger partial charge on any atom is -0.492 e. The van der Waals surface area contributed by atoms with E-state index in [0.29, 0.717) is 24.3 Å². The van der Waals surface area contributed by atoms with Gasteiger partial charge in [0.25, 0.3) is 0 Å². The Morgan fingerprint density at radius 1 is 1.25 bits per heavy atom. The number of aliphatic hydroxyl groups is 1. The van der Waals surface area contributed by atoms with Gasteiger partial charge in [-0.1, -0.05) is 11.8 Å². The second kappa shape index (κ2) is 7.88. The standard InChI is InChI=1S/C16H20FNO2/c17-15-11-14(5-1-4-9-19)12-16(13-15)20-10-8-18-6-2-3-7-18/h11-13,19H,2-4,6-10H2. The SMILES string of the molecule is OCCC#Cc1cc(F)cc(OCCN2CCCC2)c1. The average molecular weight is 277 g/mol. The number of ether oxygens (including phenoxy) is 1. The quantitative estimate of drug-likeness (QED) is 0.836. The zero-order valence-electron chi connectivity index (χ0n) is 11.6. The van der Waals surface area contributed by atoms with E-state index in [1.165, 1.54) is 25.0 Å². The van der Waals surface area contributed by atoms with Crippen LogP contribution in [0.15, 0.2) is 18.2 Å². The first-order chi connectivity index (χ1) is 9.78. The van der Waals surface area contributed by atoms with Crippen molar-refractivity contribution in [3.63, 3.8) is 0 Å². The predicted molar refractivity (Wildman–Crippen MR) is 76.1 cm³/mol. The van der Waals surface area contributed by atoms with E-state index in [4.69, 9.17) is 9.84 Å². The van der Waals surface area contributed by atoms with Gasteiger partial charge in [0.15, 0.2) is 0 Å². The van der Waals surface area contributed by atoms with Crippen LogP contribution in [0, 0.1) is 17.7 Å². The summed E-state index contributed by atoms with van der Waals surface area (Å²) in [6.07, 6.45) is 2.90. The molecule has 1 heterocycles. The molecule has 1 saturated heterocycles. The van der Waals surface area contributed by atoms with Gasteiger partial charge in [0.2, 0.25) is 0 Å². The number of halogens is 1. The van der Waals surface area contributed by atoms with E-state index in [0.717, 1.165) is 19.6 Å². The van der Waals surface area contributed by atoms with Crippen LogP contribution >= 0.6 is 0 Å². The lowest BCUT2D eigenvalue weighted by Gasteiger charge is -2.15. The molecule has 1 aromatic rings. The Morgan fingerprint density at radius 3 is 2.80 bits per heavy atom. The molecule has 0 radical (unpaired) electrons. The summed E-state index contributed by atoms with van der Waals surface area (Å²) in [5.41, 5.74) is 0.578. The topological polar surface area (TPSA) is 32.7 Å². The highest BCUT2D eigenvalue weighted by Crippen LogP contribution is 2.16. The summed E-state index contributed by atoms with van der Waals surface area (Å²) in [6.45, 7) is 3.71. The number of hydrogen-bond donors (Lipinski definition) is 1. The first-order valence-corrected chi connectivity index (χ1v) is 7.03. The molecule has 20 heavy (non-hydrogen) atoms. The molecule has 1 aromatic carbocycles. The lowest BCUT2D eigenvalue weighted by atomic mass is 10.2. The van der Waals surface area contributed by atoms with Gasteiger partial charge < -0.3 is 9.84 Å². The van der Waals surface area contributed by atoms with Crippen molar-refractivity contribution in [1.82, 2.24) is 4.90 Å². The van der Waals surface area contributed by atoms with Gasteiger partial charge in [-0.05, 0) is 38.1 Å². The minimum absolute atomic E-state index is 0.0154. The molecule has 0 bridgehead atoms. The molecule has 1 fully saturated rings. The van der Waals surface area contributed by atoms with Crippen LogP contribution in [-0.2, 0) is 0 Å². The Bertz CT molecular complexity index is 487. The van der Waals surface area contributed by atoms with E-state index < -0.39 is 0 Å². The summed E-state index contributed by atoms with van der Waals surface area (Å²) >= 11 is 0. The van der Waals surface area contributed by atoms with Crippen molar-refractivity contribution in [2.24, 2.45) is 0 Å². The fourth-order valence-corrected chi connectivity index (χ4v) is 2.24. The summed E-state index contributed by atoms with van der Waals surface area (Å²) in [5, 5.41) is 8.67. The van der Waals surface area contributed by atoms with Gasteiger partial charge in [-0.3, -0.25) is 4.90 Å². The normalized spacial score (nSPS) is 14.9. The molecule has 0 aromatic heterocycles. The van der Waals surface area contributed by atoms with Crippen molar-refractivity contribution in [3.8, 4) is 17.6 Å². The Hall–Kier alpha value is -1.57. The largest absolute Gasteiger partial charge is 0.492 e. The van der Waals surface area contributed by atoms with Gasteiger partial charge in [-0.25, -0.2) is 4.39 Å². The Balaban J connectivity index is 1.88. The van der Waals surface area contributed by atoms with E-state index in [-0.39, 0.29) is 12.4 Å². The molecular weight excluding hydrogens is 257 g/mol.